The minimum absolute atomic E-state index is 0.159. The van der Waals surface area contributed by atoms with E-state index in [1.165, 1.54) is 7.11 Å². The van der Waals surface area contributed by atoms with E-state index >= 15 is 0 Å². The molecule has 0 aromatic carbocycles. The lowest BCUT2D eigenvalue weighted by molar-refractivity contribution is -0.145. The molecule has 0 bridgehead atoms. The maximum absolute atomic E-state index is 11.3. The number of aryl methyl sites for hydroxylation is 2. The average Bonchev–Trinajstić information content (AvgIpc) is 2.54. The molecule has 1 unspecified atom stereocenters. The molecule has 0 spiro atoms. The van der Waals surface area contributed by atoms with Crippen molar-refractivity contribution in [2.45, 2.75) is 20.4 Å². The van der Waals surface area contributed by atoms with Gasteiger partial charge in [0.05, 0.1) is 29.4 Å². The Bertz CT molecular complexity index is 431. The van der Waals surface area contributed by atoms with Crippen molar-refractivity contribution in [2.24, 2.45) is 13.0 Å². The minimum Gasteiger partial charge on any atom is -0.469 e. The number of methoxy groups -OCH3 is 1. The second-order valence-corrected chi connectivity index (χ2v) is 4.97. The minimum atomic E-state index is -0.200. The van der Waals surface area contributed by atoms with Gasteiger partial charge in [0, 0.05) is 20.1 Å². The molecule has 1 rings (SSSR count). The van der Waals surface area contributed by atoms with Gasteiger partial charge in [-0.25, -0.2) is 0 Å². The fourth-order valence-corrected chi connectivity index (χ4v) is 2.14. The number of carbonyl (C=O) groups excluding carboxylic acids is 1. The van der Waals surface area contributed by atoms with Gasteiger partial charge in [0.1, 0.15) is 0 Å². The van der Waals surface area contributed by atoms with Gasteiger partial charge in [0.15, 0.2) is 0 Å². The highest BCUT2D eigenvalue weighted by Gasteiger charge is 2.18. The topological polar surface area (TPSA) is 47.4 Å². The molecule has 1 atom stereocenters. The second-order valence-electron chi connectivity index (χ2n) is 4.59. The number of nitrogens with zero attached hydrogens (tertiary/aromatic N) is 3. The van der Waals surface area contributed by atoms with E-state index in [1.54, 1.807) is 4.68 Å². The van der Waals surface area contributed by atoms with Crippen molar-refractivity contribution >= 4 is 17.6 Å². The van der Waals surface area contributed by atoms with Crippen LogP contribution in [-0.4, -0.2) is 41.4 Å². The van der Waals surface area contributed by atoms with Crippen LogP contribution in [0.25, 0.3) is 0 Å². The molecule has 102 valence electrons. The van der Waals surface area contributed by atoms with E-state index in [0.29, 0.717) is 18.1 Å². The van der Waals surface area contributed by atoms with E-state index < -0.39 is 0 Å². The molecule has 1 aromatic rings. The lowest BCUT2D eigenvalue weighted by Gasteiger charge is -2.20. The summed E-state index contributed by atoms with van der Waals surface area (Å²) < 4.78 is 6.48. The molecule has 0 aliphatic rings. The summed E-state index contributed by atoms with van der Waals surface area (Å²) in [6.45, 7) is 4.99. The Morgan fingerprint density at radius 2 is 2.22 bits per heavy atom. The third-order valence-electron chi connectivity index (χ3n) is 2.87. The summed E-state index contributed by atoms with van der Waals surface area (Å²) in [4.78, 5) is 13.4. The van der Waals surface area contributed by atoms with Crippen molar-refractivity contribution in [1.82, 2.24) is 14.7 Å². The van der Waals surface area contributed by atoms with Crippen LogP contribution in [0.2, 0.25) is 5.02 Å². The van der Waals surface area contributed by atoms with Crippen molar-refractivity contribution < 1.29 is 9.53 Å². The van der Waals surface area contributed by atoms with Crippen LogP contribution < -0.4 is 0 Å². The van der Waals surface area contributed by atoms with Gasteiger partial charge in [-0.3, -0.25) is 14.4 Å². The smallest absolute Gasteiger partial charge is 0.309 e. The summed E-state index contributed by atoms with van der Waals surface area (Å²) in [5.41, 5.74) is 1.78. The molecule has 0 saturated carbocycles. The molecule has 0 radical (unpaired) electrons. The molecular formula is C12H20ClN3O2. The van der Waals surface area contributed by atoms with Crippen LogP contribution >= 0.6 is 11.6 Å². The Kier molecular flexibility index (Phi) is 5.16. The number of hydrogen-bond donors (Lipinski definition) is 0. The summed E-state index contributed by atoms with van der Waals surface area (Å²) in [5, 5.41) is 4.95. The lowest BCUT2D eigenvalue weighted by Crippen LogP contribution is -2.29. The second kappa shape index (κ2) is 6.20. The van der Waals surface area contributed by atoms with Crippen LogP contribution in [0.3, 0.4) is 0 Å². The van der Waals surface area contributed by atoms with E-state index in [0.717, 1.165) is 11.4 Å². The average molecular weight is 274 g/mol. The van der Waals surface area contributed by atoms with Gasteiger partial charge >= 0.3 is 5.97 Å². The van der Waals surface area contributed by atoms with E-state index in [2.05, 4.69) is 5.10 Å². The van der Waals surface area contributed by atoms with Crippen LogP contribution in [0.4, 0.5) is 0 Å². The maximum atomic E-state index is 11.3. The summed E-state index contributed by atoms with van der Waals surface area (Å²) in [5.74, 6) is -0.359. The fourth-order valence-electron chi connectivity index (χ4n) is 1.92. The van der Waals surface area contributed by atoms with Gasteiger partial charge in [-0.2, -0.15) is 5.10 Å². The largest absolute Gasteiger partial charge is 0.469 e. The number of rotatable bonds is 5. The highest BCUT2D eigenvalue weighted by molar-refractivity contribution is 6.31. The molecule has 0 saturated heterocycles. The van der Waals surface area contributed by atoms with Crippen LogP contribution in [0.15, 0.2) is 0 Å². The molecule has 1 heterocycles. The zero-order valence-corrected chi connectivity index (χ0v) is 12.3. The van der Waals surface area contributed by atoms with Crippen LogP contribution in [0.1, 0.15) is 18.3 Å². The maximum Gasteiger partial charge on any atom is 0.309 e. The fraction of sp³-hybridized carbons (Fsp3) is 0.667. The van der Waals surface area contributed by atoms with Crippen LogP contribution in [0.5, 0.6) is 0 Å². The zero-order chi connectivity index (χ0) is 13.9. The van der Waals surface area contributed by atoms with E-state index in [-0.39, 0.29) is 11.9 Å². The molecular weight excluding hydrogens is 254 g/mol. The first-order valence-corrected chi connectivity index (χ1v) is 6.19. The number of ether oxygens (including phenoxy) is 1. The molecule has 1 aromatic heterocycles. The van der Waals surface area contributed by atoms with Gasteiger partial charge in [0.2, 0.25) is 0 Å². The van der Waals surface area contributed by atoms with Gasteiger partial charge in [-0.1, -0.05) is 18.5 Å². The monoisotopic (exact) mass is 273 g/mol. The van der Waals surface area contributed by atoms with Crippen molar-refractivity contribution in [2.75, 3.05) is 20.7 Å². The first-order chi connectivity index (χ1) is 8.36. The summed E-state index contributed by atoms with van der Waals surface area (Å²) in [7, 11) is 5.21. The number of esters is 1. The Balaban J connectivity index is 2.65. The highest BCUT2D eigenvalue weighted by Crippen LogP contribution is 2.20. The normalized spacial score (nSPS) is 12.8. The Morgan fingerprint density at radius 1 is 1.61 bits per heavy atom. The Labute approximate surface area is 113 Å². The Morgan fingerprint density at radius 3 is 2.67 bits per heavy atom. The molecule has 0 fully saturated rings. The SMILES string of the molecule is COC(=O)C(C)CN(C)Cc1c(Cl)c(C)nn1C. The third-order valence-corrected chi connectivity index (χ3v) is 3.36. The predicted octanol–water partition coefficient (Wildman–Crippen LogP) is 1.62. The van der Waals surface area contributed by atoms with Crippen LogP contribution in [0, 0.1) is 12.8 Å². The molecule has 5 nitrogen and oxygen atoms in total. The summed E-state index contributed by atoms with van der Waals surface area (Å²) in [6.07, 6.45) is 0. The third kappa shape index (κ3) is 3.46. The highest BCUT2D eigenvalue weighted by atomic mass is 35.5. The van der Waals surface area contributed by atoms with Gasteiger partial charge < -0.3 is 4.74 Å². The van der Waals surface area contributed by atoms with Gasteiger partial charge in [-0.05, 0) is 14.0 Å². The molecule has 18 heavy (non-hydrogen) atoms. The van der Waals surface area contributed by atoms with E-state index in [9.17, 15) is 4.79 Å². The molecule has 6 heteroatoms. The molecule has 0 aliphatic carbocycles. The van der Waals surface area contributed by atoms with Crippen molar-refractivity contribution in [3.63, 3.8) is 0 Å². The van der Waals surface area contributed by atoms with Crippen molar-refractivity contribution in [3.05, 3.63) is 16.4 Å². The quantitative estimate of drug-likeness (QED) is 0.765. The number of halogens is 1. The van der Waals surface area contributed by atoms with Crippen molar-refractivity contribution in [1.29, 1.82) is 0 Å². The zero-order valence-electron chi connectivity index (χ0n) is 11.5. The summed E-state index contributed by atoms with van der Waals surface area (Å²) in [6, 6.07) is 0. The van der Waals surface area contributed by atoms with Crippen LogP contribution in [-0.2, 0) is 23.1 Å². The summed E-state index contributed by atoms with van der Waals surface area (Å²) >= 11 is 6.18. The number of carbonyl (C=O) groups is 1. The number of hydrogen-bond acceptors (Lipinski definition) is 4. The first-order valence-electron chi connectivity index (χ1n) is 5.81. The van der Waals surface area contributed by atoms with Gasteiger partial charge in [-0.15, -0.1) is 0 Å². The Hall–Kier alpha value is -1.07. The molecule has 0 aliphatic heterocycles. The van der Waals surface area contributed by atoms with E-state index in [4.69, 9.17) is 16.3 Å². The van der Waals surface area contributed by atoms with Crippen molar-refractivity contribution in [3.8, 4) is 0 Å². The van der Waals surface area contributed by atoms with E-state index in [1.807, 2.05) is 32.8 Å². The number of aromatic nitrogens is 2. The predicted molar refractivity (Wildman–Crippen MR) is 70.5 cm³/mol. The molecule has 0 amide bonds. The molecule has 0 N–H and O–H groups in total. The first kappa shape index (κ1) is 15.0. The lowest BCUT2D eigenvalue weighted by atomic mass is 10.1. The standard InChI is InChI=1S/C12H20ClN3O2/c1-8(12(17)18-5)6-15(3)7-10-11(13)9(2)14-16(10)4/h8H,6-7H2,1-5H3. The van der Waals surface area contributed by atoms with Gasteiger partial charge in [0.25, 0.3) is 0 Å².